The molecule has 3 nitrogen and oxygen atoms in total. The van der Waals surface area contributed by atoms with Crippen molar-refractivity contribution in [3.63, 3.8) is 0 Å². The van der Waals surface area contributed by atoms with Gasteiger partial charge in [0, 0.05) is 13.0 Å². The van der Waals surface area contributed by atoms with Gasteiger partial charge in [0.05, 0.1) is 5.54 Å². The Hall–Kier alpha value is -1.13. The quantitative estimate of drug-likeness (QED) is 0.864. The average molecular weight is 275 g/mol. The van der Waals surface area contributed by atoms with Gasteiger partial charge in [0.2, 0.25) is 5.91 Å². The molecule has 1 aromatic carbocycles. The van der Waals surface area contributed by atoms with Crippen LogP contribution in [0.25, 0.3) is 0 Å². The molecule has 0 aliphatic heterocycles. The third-order valence-electron chi connectivity index (χ3n) is 2.60. The molecule has 5 heteroatoms. The van der Waals surface area contributed by atoms with Gasteiger partial charge in [0.15, 0.2) is 0 Å². The predicted octanol–water partition coefficient (Wildman–Crippen LogP) is 2.21. The van der Waals surface area contributed by atoms with Crippen molar-refractivity contribution in [2.24, 2.45) is 0 Å². The maximum Gasteiger partial charge on any atom is 0.221 e. The number of hydrogen-bond donors (Lipinski definition) is 2. The zero-order chi connectivity index (χ0) is 12.9. The second kappa shape index (κ2) is 7.34. The van der Waals surface area contributed by atoms with Gasteiger partial charge in [-0.1, -0.05) is 12.1 Å². The lowest BCUT2D eigenvalue weighted by molar-refractivity contribution is -0.122. The SMILES string of the molecule is CNCCC(=O)NC(C)(C)c1cccc(F)c1.Cl. The summed E-state index contributed by atoms with van der Waals surface area (Å²) in [6.07, 6.45) is 0.412. The van der Waals surface area contributed by atoms with Gasteiger partial charge in [-0.15, -0.1) is 12.4 Å². The van der Waals surface area contributed by atoms with Crippen molar-refractivity contribution in [3.8, 4) is 0 Å². The molecule has 1 rings (SSSR count). The van der Waals surface area contributed by atoms with E-state index in [0.29, 0.717) is 13.0 Å². The number of benzene rings is 1. The fourth-order valence-electron chi connectivity index (χ4n) is 1.60. The van der Waals surface area contributed by atoms with Gasteiger partial charge in [0.25, 0.3) is 0 Å². The van der Waals surface area contributed by atoms with E-state index in [-0.39, 0.29) is 24.1 Å². The lowest BCUT2D eigenvalue weighted by Crippen LogP contribution is -2.41. The van der Waals surface area contributed by atoms with Gasteiger partial charge in [-0.25, -0.2) is 4.39 Å². The Bertz CT molecular complexity index is 396. The molecule has 102 valence electrons. The van der Waals surface area contributed by atoms with E-state index < -0.39 is 5.54 Å². The van der Waals surface area contributed by atoms with Crippen LogP contribution in [0.15, 0.2) is 24.3 Å². The first kappa shape index (κ1) is 16.9. The number of nitrogens with one attached hydrogen (secondary N) is 2. The molecule has 0 unspecified atom stereocenters. The normalized spacial score (nSPS) is 10.7. The van der Waals surface area contributed by atoms with E-state index in [4.69, 9.17) is 0 Å². The number of rotatable bonds is 5. The van der Waals surface area contributed by atoms with E-state index >= 15 is 0 Å². The molecule has 0 saturated heterocycles. The molecule has 0 fully saturated rings. The molecule has 0 aliphatic rings. The topological polar surface area (TPSA) is 41.1 Å². The second-order valence-electron chi connectivity index (χ2n) is 4.54. The standard InChI is InChI=1S/C13H19FN2O.ClH/c1-13(2,16-12(17)7-8-15-3)10-5-4-6-11(14)9-10;/h4-6,9,15H,7-8H2,1-3H3,(H,16,17);1H. The highest BCUT2D eigenvalue weighted by atomic mass is 35.5. The summed E-state index contributed by atoms with van der Waals surface area (Å²) in [5.41, 5.74) is 0.197. The summed E-state index contributed by atoms with van der Waals surface area (Å²) >= 11 is 0. The van der Waals surface area contributed by atoms with Crippen molar-refractivity contribution in [1.29, 1.82) is 0 Å². The Labute approximate surface area is 114 Å². The first-order valence-corrected chi connectivity index (χ1v) is 5.67. The highest BCUT2D eigenvalue weighted by Crippen LogP contribution is 2.20. The molecule has 18 heavy (non-hydrogen) atoms. The summed E-state index contributed by atoms with van der Waals surface area (Å²) in [5.74, 6) is -0.339. The van der Waals surface area contributed by atoms with Gasteiger partial charge < -0.3 is 10.6 Å². The largest absolute Gasteiger partial charge is 0.347 e. The van der Waals surface area contributed by atoms with Crippen LogP contribution in [0.4, 0.5) is 4.39 Å². The predicted molar refractivity (Wildman–Crippen MR) is 73.4 cm³/mol. The van der Waals surface area contributed by atoms with Gasteiger partial charge in [-0.2, -0.15) is 0 Å². The monoisotopic (exact) mass is 274 g/mol. The molecular formula is C13H20ClFN2O. The fourth-order valence-corrected chi connectivity index (χ4v) is 1.60. The summed E-state index contributed by atoms with van der Waals surface area (Å²) in [6, 6.07) is 6.29. The van der Waals surface area contributed by atoms with E-state index in [1.807, 2.05) is 13.8 Å². The Morgan fingerprint density at radius 2 is 2.06 bits per heavy atom. The maximum atomic E-state index is 13.1. The molecule has 0 bridgehead atoms. The van der Waals surface area contributed by atoms with Crippen molar-refractivity contribution < 1.29 is 9.18 Å². The number of carbonyl (C=O) groups excluding carboxylic acids is 1. The molecule has 2 N–H and O–H groups in total. The molecule has 0 saturated carbocycles. The average Bonchev–Trinajstić information content (AvgIpc) is 2.26. The first-order chi connectivity index (χ1) is 7.95. The smallest absolute Gasteiger partial charge is 0.221 e. The molecular weight excluding hydrogens is 255 g/mol. The molecule has 1 aromatic rings. The molecule has 0 spiro atoms. The zero-order valence-electron chi connectivity index (χ0n) is 10.9. The molecule has 0 radical (unpaired) electrons. The minimum atomic E-state index is -0.563. The van der Waals surface area contributed by atoms with Crippen LogP contribution in [-0.2, 0) is 10.3 Å². The van der Waals surface area contributed by atoms with E-state index in [9.17, 15) is 9.18 Å². The van der Waals surface area contributed by atoms with Crippen molar-refractivity contribution in [3.05, 3.63) is 35.6 Å². The van der Waals surface area contributed by atoms with Gasteiger partial charge in [0.1, 0.15) is 5.82 Å². The Morgan fingerprint density at radius 3 is 2.61 bits per heavy atom. The maximum absolute atomic E-state index is 13.1. The Morgan fingerprint density at radius 1 is 1.39 bits per heavy atom. The molecule has 0 aliphatic carbocycles. The minimum Gasteiger partial charge on any atom is -0.347 e. The third-order valence-corrected chi connectivity index (χ3v) is 2.60. The molecule has 0 heterocycles. The third kappa shape index (κ3) is 5.02. The van der Waals surface area contributed by atoms with Gasteiger partial charge >= 0.3 is 0 Å². The van der Waals surface area contributed by atoms with Crippen molar-refractivity contribution in [1.82, 2.24) is 10.6 Å². The lowest BCUT2D eigenvalue weighted by Gasteiger charge is -2.27. The van der Waals surface area contributed by atoms with Crippen LogP contribution >= 0.6 is 12.4 Å². The second-order valence-corrected chi connectivity index (χ2v) is 4.54. The summed E-state index contributed by atoms with van der Waals surface area (Å²) in [4.78, 5) is 11.6. The van der Waals surface area contributed by atoms with Crippen molar-refractivity contribution in [2.45, 2.75) is 25.8 Å². The first-order valence-electron chi connectivity index (χ1n) is 5.67. The highest BCUT2D eigenvalue weighted by Gasteiger charge is 2.22. The Balaban J connectivity index is 0.00000289. The summed E-state index contributed by atoms with van der Waals surface area (Å²) in [6.45, 7) is 4.35. The van der Waals surface area contributed by atoms with Crippen molar-refractivity contribution in [2.75, 3.05) is 13.6 Å². The van der Waals surface area contributed by atoms with E-state index in [0.717, 1.165) is 5.56 Å². The van der Waals surface area contributed by atoms with E-state index in [1.54, 1.807) is 19.2 Å². The molecule has 0 aromatic heterocycles. The van der Waals surface area contributed by atoms with Gasteiger partial charge in [-0.05, 0) is 38.6 Å². The highest BCUT2D eigenvalue weighted by molar-refractivity contribution is 5.85. The van der Waals surface area contributed by atoms with E-state index in [2.05, 4.69) is 10.6 Å². The molecule has 1 amide bonds. The minimum absolute atomic E-state index is 0. The molecule has 0 atom stereocenters. The number of amides is 1. The van der Waals surface area contributed by atoms with E-state index in [1.165, 1.54) is 12.1 Å². The van der Waals surface area contributed by atoms with Crippen LogP contribution in [0.3, 0.4) is 0 Å². The van der Waals surface area contributed by atoms with Gasteiger partial charge in [-0.3, -0.25) is 4.79 Å². The Kier molecular flexibility index (Phi) is 6.88. The van der Waals surface area contributed by atoms with Crippen LogP contribution in [0.1, 0.15) is 25.8 Å². The van der Waals surface area contributed by atoms with Crippen LogP contribution in [0.5, 0.6) is 0 Å². The van der Waals surface area contributed by atoms with Crippen LogP contribution in [0, 0.1) is 5.82 Å². The summed E-state index contributed by atoms with van der Waals surface area (Å²) < 4.78 is 13.1. The van der Waals surface area contributed by atoms with Crippen LogP contribution in [-0.4, -0.2) is 19.5 Å². The zero-order valence-corrected chi connectivity index (χ0v) is 11.7. The summed E-state index contributed by atoms with van der Waals surface area (Å²) in [7, 11) is 1.80. The van der Waals surface area contributed by atoms with Crippen LogP contribution < -0.4 is 10.6 Å². The lowest BCUT2D eigenvalue weighted by atomic mass is 9.94. The number of hydrogen-bond acceptors (Lipinski definition) is 2. The number of halogens is 2. The fraction of sp³-hybridized carbons (Fsp3) is 0.462. The van der Waals surface area contributed by atoms with Crippen molar-refractivity contribution >= 4 is 18.3 Å². The summed E-state index contributed by atoms with van der Waals surface area (Å²) in [5, 5.41) is 5.80. The number of carbonyl (C=O) groups is 1. The van der Waals surface area contributed by atoms with Crippen LogP contribution in [0.2, 0.25) is 0 Å².